The molecule has 0 fully saturated rings. The second kappa shape index (κ2) is 9.68. The number of hydrogen-bond acceptors (Lipinski definition) is 1. The van der Waals surface area contributed by atoms with Crippen LogP contribution in [-0.2, 0) is 4.79 Å². The van der Waals surface area contributed by atoms with Crippen molar-refractivity contribution in [1.82, 2.24) is 0 Å². The molecule has 0 aromatic rings. The monoisotopic (exact) mass is 228 g/mol. The minimum Gasteiger partial charge on any atom is -0.481 e. The zero-order chi connectivity index (χ0) is 12.4. The van der Waals surface area contributed by atoms with Crippen molar-refractivity contribution >= 4 is 5.97 Å². The molecular weight excluding hydrogens is 200 g/mol. The fourth-order valence-electron chi connectivity index (χ4n) is 2.53. The Morgan fingerprint density at radius 3 is 2.12 bits per heavy atom. The summed E-state index contributed by atoms with van der Waals surface area (Å²) in [6, 6.07) is 0. The lowest BCUT2D eigenvalue weighted by Crippen LogP contribution is -2.18. The van der Waals surface area contributed by atoms with Crippen molar-refractivity contribution in [2.45, 2.75) is 72.1 Å². The molecule has 0 aliphatic rings. The van der Waals surface area contributed by atoms with Crippen molar-refractivity contribution in [3.05, 3.63) is 0 Å². The number of hydrogen-bond donors (Lipinski definition) is 1. The van der Waals surface area contributed by atoms with Gasteiger partial charge < -0.3 is 5.11 Å². The molecule has 0 aromatic heterocycles. The van der Waals surface area contributed by atoms with E-state index in [-0.39, 0.29) is 0 Å². The summed E-state index contributed by atoms with van der Waals surface area (Å²) in [5.41, 5.74) is 0. The van der Waals surface area contributed by atoms with Gasteiger partial charge in [-0.2, -0.15) is 0 Å². The topological polar surface area (TPSA) is 37.3 Å². The highest BCUT2D eigenvalue weighted by molar-refractivity contribution is 5.67. The van der Waals surface area contributed by atoms with Crippen LogP contribution in [0.15, 0.2) is 0 Å². The van der Waals surface area contributed by atoms with E-state index in [1.165, 1.54) is 32.1 Å². The predicted octanol–water partition coefficient (Wildman–Crippen LogP) is 4.48. The predicted molar refractivity (Wildman–Crippen MR) is 68.6 cm³/mol. The van der Waals surface area contributed by atoms with Crippen LogP contribution in [0, 0.1) is 11.8 Å². The average Bonchev–Trinajstić information content (AvgIpc) is 2.24. The van der Waals surface area contributed by atoms with Gasteiger partial charge in [0.2, 0.25) is 0 Å². The zero-order valence-electron chi connectivity index (χ0n) is 11.2. The summed E-state index contributed by atoms with van der Waals surface area (Å²) in [6.45, 7) is 6.57. The van der Waals surface area contributed by atoms with Gasteiger partial charge in [-0.15, -0.1) is 0 Å². The van der Waals surface area contributed by atoms with Crippen LogP contribution in [0.4, 0.5) is 0 Å². The summed E-state index contributed by atoms with van der Waals surface area (Å²) < 4.78 is 0. The summed E-state index contributed by atoms with van der Waals surface area (Å²) in [7, 11) is 0. The smallest absolute Gasteiger partial charge is 0.303 e. The Morgan fingerprint density at radius 2 is 1.69 bits per heavy atom. The first-order valence-electron chi connectivity index (χ1n) is 6.87. The number of unbranched alkanes of at least 4 members (excludes halogenated alkanes) is 2. The largest absolute Gasteiger partial charge is 0.481 e. The molecule has 0 rings (SSSR count). The van der Waals surface area contributed by atoms with E-state index in [0.717, 1.165) is 12.8 Å². The lowest BCUT2D eigenvalue weighted by molar-refractivity contribution is -0.138. The van der Waals surface area contributed by atoms with Crippen LogP contribution in [0.1, 0.15) is 72.1 Å². The zero-order valence-corrected chi connectivity index (χ0v) is 11.2. The summed E-state index contributed by atoms with van der Waals surface area (Å²) in [5.74, 6) is 0.378. The third-order valence-corrected chi connectivity index (χ3v) is 3.47. The molecule has 0 spiro atoms. The molecule has 0 amide bonds. The van der Waals surface area contributed by atoms with Gasteiger partial charge in [0, 0.05) is 6.42 Å². The van der Waals surface area contributed by atoms with Crippen LogP contribution in [0.2, 0.25) is 0 Å². The van der Waals surface area contributed by atoms with E-state index in [1.54, 1.807) is 0 Å². The summed E-state index contributed by atoms with van der Waals surface area (Å²) in [4.78, 5) is 10.9. The summed E-state index contributed by atoms with van der Waals surface area (Å²) >= 11 is 0. The molecule has 0 saturated carbocycles. The summed E-state index contributed by atoms with van der Waals surface area (Å²) in [5, 5.41) is 8.95. The highest BCUT2D eigenvalue weighted by Gasteiger charge is 2.21. The molecule has 0 radical (unpaired) electrons. The molecule has 0 aliphatic carbocycles. The molecule has 0 aliphatic heterocycles. The van der Waals surface area contributed by atoms with E-state index < -0.39 is 5.97 Å². The normalized spacial score (nSPS) is 14.7. The highest BCUT2D eigenvalue weighted by Crippen LogP contribution is 2.29. The lowest BCUT2D eigenvalue weighted by atomic mass is 9.81. The van der Waals surface area contributed by atoms with E-state index in [9.17, 15) is 4.79 Å². The molecule has 0 saturated heterocycles. The highest BCUT2D eigenvalue weighted by atomic mass is 16.4. The Kier molecular flexibility index (Phi) is 9.36. The lowest BCUT2D eigenvalue weighted by Gasteiger charge is -2.24. The van der Waals surface area contributed by atoms with E-state index in [2.05, 4.69) is 20.8 Å². The first-order valence-corrected chi connectivity index (χ1v) is 6.87. The van der Waals surface area contributed by atoms with Crippen LogP contribution in [0.25, 0.3) is 0 Å². The average molecular weight is 228 g/mol. The van der Waals surface area contributed by atoms with Gasteiger partial charge >= 0.3 is 5.97 Å². The van der Waals surface area contributed by atoms with E-state index >= 15 is 0 Å². The van der Waals surface area contributed by atoms with Gasteiger partial charge in [0.1, 0.15) is 0 Å². The summed E-state index contributed by atoms with van der Waals surface area (Å²) in [6.07, 6.45) is 8.57. The number of carboxylic acid groups (broad SMARTS) is 1. The van der Waals surface area contributed by atoms with E-state index in [0.29, 0.717) is 18.3 Å². The fourth-order valence-corrected chi connectivity index (χ4v) is 2.53. The SMILES string of the molecule is CCCCCC(CC(=O)O)C(CC)CCC. The second-order valence-corrected chi connectivity index (χ2v) is 4.81. The molecule has 16 heavy (non-hydrogen) atoms. The maximum Gasteiger partial charge on any atom is 0.303 e. The van der Waals surface area contributed by atoms with E-state index in [1.807, 2.05) is 0 Å². The molecule has 2 atom stereocenters. The Labute approximate surface area is 100 Å². The van der Waals surface area contributed by atoms with Crippen LogP contribution in [0.3, 0.4) is 0 Å². The Morgan fingerprint density at radius 1 is 1.00 bits per heavy atom. The third kappa shape index (κ3) is 6.86. The molecular formula is C14H28O2. The van der Waals surface area contributed by atoms with Crippen molar-refractivity contribution in [2.24, 2.45) is 11.8 Å². The van der Waals surface area contributed by atoms with Gasteiger partial charge in [0.15, 0.2) is 0 Å². The van der Waals surface area contributed by atoms with Crippen molar-refractivity contribution < 1.29 is 9.90 Å². The van der Waals surface area contributed by atoms with Crippen molar-refractivity contribution in [2.75, 3.05) is 0 Å². The molecule has 96 valence electrons. The molecule has 0 bridgehead atoms. The minimum absolute atomic E-state index is 0.363. The first-order chi connectivity index (χ1) is 7.65. The molecule has 0 aromatic carbocycles. The van der Waals surface area contributed by atoms with Crippen LogP contribution >= 0.6 is 0 Å². The second-order valence-electron chi connectivity index (χ2n) is 4.81. The van der Waals surface area contributed by atoms with Crippen LogP contribution < -0.4 is 0 Å². The van der Waals surface area contributed by atoms with Gasteiger partial charge in [-0.25, -0.2) is 0 Å². The van der Waals surface area contributed by atoms with Crippen LogP contribution in [0.5, 0.6) is 0 Å². The molecule has 2 unspecified atom stereocenters. The Balaban J connectivity index is 4.19. The Hall–Kier alpha value is -0.530. The maximum absolute atomic E-state index is 10.9. The van der Waals surface area contributed by atoms with Gasteiger partial charge in [-0.3, -0.25) is 4.79 Å². The van der Waals surface area contributed by atoms with Crippen LogP contribution in [-0.4, -0.2) is 11.1 Å². The van der Waals surface area contributed by atoms with Crippen molar-refractivity contribution in [3.8, 4) is 0 Å². The van der Waals surface area contributed by atoms with Crippen molar-refractivity contribution in [3.63, 3.8) is 0 Å². The number of aliphatic carboxylic acids is 1. The van der Waals surface area contributed by atoms with Gasteiger partial charge in [0.25, 0.3) is 0 Å². The first kappa shape index (κ1) is 15.5. The van der Waals surface area contributed by atoms with Gasteiger partial charge in [-0.1, -0.05) is 59.3 Å². The van der Waals surface area contributed by atoms with Gasteiger partial charge in [-0.05, 0) is 18.3 Å². The molecule has 0 heterocycles. The number of carboxylic acids is 1. The fraction of sp³-hybridized carbons (Fsp3) is 0.929. The minimum atomic E-state index is -0.629. The van der Waals surface area contributed by atoms with Gasteiger partial charge in [0.05, 0.1) is 0 Å². The molecule has 2 heteroatoms. The van der Waals surface area contributed by atoms with Crippen molar-refractivity contribution in [1.29, 1.82) is 0 Å². The van der Waals surface area contributed by atoms with E-state index in [4.69, 9.17) is 5.11 Å². The molecule has 1 N–H and O–H groups in total. The number of carbonyl (C=O) groups is 1. The number of rotatable bonds is 10. The molecule has 2 nitrogen and oxygen atoms in total. The standard InChI is InChI=1S/C14H28O2/c1-4-7-8-10-13(11-14(15)16)12(6-3)9-5-2/h12-13H,4-11H2,1-3H3,(H,15,16). The third-order valence-electron chi connectivity index (χ3n) is 3.47. The maximum atomic E-state index is 10.9. The Bertz CT molecular complexity index is 178. The quantitative estimate of drug-likeness (QED) is 0.560.